The minimum absolute atomic E-state index is 0.0650. The van der Waals surface area contributed by atoms with Crippen LogP contribution < -0.4 is 5.73 Å². The van der Waals surface area contributed by atoms with Gasteiger partial charge in [0.15, 0.2) is 0 Å². The molecule has 1 fully saturated rings. The van der Waals surface area contributed by atoms with E-state index in [2.05, 4.69) is 0 Å². The van der Waals surface area contributed by atoms with Crippen molar-refractivity contribution in [3.8, 4) is 0 Å². The summed E-state index contributed by atoms with van der Waals surface area (Å²) in [5.74, 6) is 0. The largest absolute Gasteiger partial charge is 0.376 e. The maximum Gasteiger partial charge on any atom is 0.0974 e. The molecule has 1 aliphatic heterocycles. The second-order valence-electron chi connectivity index (χ2n) is 5.15. The minimum atomic E-state index is -0.109. The maximum absolute atomic E-state index is 6.02. The standard InChI is InChI=1S/C15H22ClNO2/c1-11(17)15(12-5-7-13(16)8-6-12)19-10-14-4-2-3-9-18-14/h5-8,11,14-15H,2-4,9-10,17H2,1H3. The van der Waals surface area contributed by atoms with Crippen LogP contribution in [0.1, 0.15) is 37.9 Å². The highest BCUT2D eigenvalue weighted by Crippen LogP contribution is 2.24. The van der Waals surface area contributed by atoms with Gasteiger partial charge in [0.1, 0.15) is 0 Å². The molecule has 1 aromatic carbocycles. The Morgan fingerprint density at radius 1 is 1.37 bits per heavy atom. The van der Waals surface area contributed by atoms with Gasteiger partial charge in [-0.1, -0.05) is 23.7 Å². The molecular weight excluding hydrogens is 262 g/mol. The zero-order valence-electron chi connectivity index (χ0n) is 11.3. The summed E-state index contributed by atoms with van der Waals surface area (Å²) in [6.07, 6.45) is 3.55. The summed E-state index contributed by atoms with van der Waals surface area (Å²) in [5, 5.41) is 0.725. The van der Waals surface area contributed by atoms with Crippen molar-refractivity contribution < 1.29 is 9.47 Å². The monoisotopic (exact) mass is 283 g/mol. The van der Waals surface area contributed by atoms with Gasteiger partial charge in [-0.3, -0.25) is 0 Å². The molecule has 0 saturated carbocycles. The van der Waals surface area contributed by atoms with E-state index in [-0.39, 0.29) is 18.2 Å². The number of hydrogen-bond acceptors (Lipinski definition) is 3. The number of ether oxygens (including phenoxy) is 2. The molecule has 2 rings (SSSR count). The summed E-state index contributed by atoms with van der Waals surface area (Å²) in [4.78, 5) is 0. The van der Waals surface area contributed by atoms with E-state index >= 15 is 0 Å². The molecule has 0 radical (unpaired) electrons. The van der Waals surface area contributed by atoms with Gasteiger partial charge in [-0.15, -0.1) is 0 Å². The first-order valence-corrected chi connectivity index (χ1v) is 7.29. The number of benzene rings is 1. The summed E-state index contributed by atoms with van der Waals surface area (Å²) >= 11 is 5.90. The summed E-state index contributed by atoms with van der Waals surface area (Å²) in [6.45, 7) is 3.41. The number of hydrogen-bond donors (Lipinski definition) is 1. The molecule has 0 spiro atoms. The SMILES string of the molecule is CC(N)C(OCC1CCCCO1)c1ccc(Cl)cc1. The lowest BCUT2D eigenvalue weighted by Crippen LogP contribution is -2.31. The molecular formula is C15H22ClNO2. The molecule has 1 aliphatic rings. The molecule has 0 aliphatic carbocycles. The van der Waals surface area contributed by atoms with Crippen molar-refractivity contribution in [3.05, 3.63) is 34.9 Å². The highest BCUT2D eigenvalue weighted by Gasteiger charge is 2.20. The van der Waals surface area contributed by atoms with Gasteiger partial charge in [-0.2, -0.15) is 0 Å². The molecule has 4 heteroatoms. The van der Waals surface area contributed by atoms with Gasteiger partial charge in [0.25, 0.3) is 0 Å². The minimum Gasteiger partial charge on any atom is -0.376 e. The van der Waals surface area contributed by atoms with E-state index in [4.69, 9.17) is 26.8 Å². The molecule has 1 heterocycles. The molecule has 0 bridgehead atoms. The van der Waals surface area contributed by atoms with Crippen LogP contribution in [-0.2, 0) is 9.47 Å². The van der Waals surface area contributed by atoms with Crippen LogP contribution >= 0.6 is 11.6 Å². The van der Waals surface area contributed by atoms with Gasteiger partial charge >= 0.3 is 0 Å². The lowest BCUT2D eigenvalue weighted by Gasteiger charge is -2.27. The van der Waals surface area contributed by atoms with Gasteiger partial charge in [0.2, 0.25) is 0 Å². The Morgan fingerprint density at radius 2 is 2.11 bits per heavy atom. The topological polar surface area (TPSA) is 44.5 Å². The lowest BCUT2D eigenvalue weighted by molar-refractivity contribution is -0.0680. The summed E-state index contributed by atoms with van der Waals surface area (Å²) in [5.41, 5.74) is 7.09. The fourth-order valence-corrected chi connectivity index (χ4v) is 2.48. The Labute approximate surface area is 120 Å². The highest BCUT2D eigenvalue weighted by molar-refractivity contribution is 6.30. The number of halogens is 1. The Kier molecular flexibility index (Phi) is 5.64. The van der Waals surface area contributed by atoms with Crippen LogP contribution in [0.15, 0.2) is 24.3 Å². The van der Waals surface area contributed by atoms with Crippen molar-refractivity contribution in [2.45, 2.75) is 44.4 Å². The first-order valence-electron chi connectivity index (χ1n) is 6.91. The van der Waals surface area contributed by atoms with Crippen molar-refractivity contribution in [3.63, 3.8) is 0 Å². The van der Waals surface area contributed by atoms with Crippen molar-refractivity contribution in [1.82, 2.24) is 0 Å². The van der Waals surface area contributed by atoms with E-state index in [0.717, 1.165) is 30.0 Å². The second-order valence-corrected chi connectivity index (χ2v) is 5.59. The Bertz CT molecular complexity index is 374. The van der Waals surface area contributed by atoms with E-state index in [9.17, 15) is 0 Å². The third-order valence-corrected chi connectivity index (χ3v) is 3.66. The molecule has 1 aromatic rings. The van der Waals surface area contributed by atoms with Gasteiger partial charge in [-0.05, 0) is 43.9 Å². The smallest absolute Gasteiger partial charge is 0.0974 e. The summed E-state index contributed by atoms with van der Waals surface area (Å²) < 4.78 is 11.7. The average molecular weight is 284 g/mol. The molecule has 0 aromatic heterocycles. The van der Waals surface area contributed by atoms with Crippen LogP contribution in [-0.4, -0.2) is 25.4 Å². The molecule has 3 unspecified atom stereocenters. The summed E-state index contributed by atoms with van der Waals surface area (Å²) in [6, 6.07) is 7.61. The summed E-state index contributed by atoms with van der Waals surface area (Å²) in [7, 11) is 0. The van der Waals surface area contributed by atoms with E-state index in [1.54, 1.807) is 0 Å². The fourth-order valence-electron chi connectivity index (χ4n) is 2.35. The van der Waals surface area contributed by atoms with Crippen LogP contribution in [0, 0.1) is 0 Å². The maximum atomic E-state index is 6.02. The van der Waals surface area contributed by atoms with Gasteiger partial charge in [-0.25, -0.2) is 0 Å². The third-order valence-electron chi connectivity index (χ3n) is 3.41. The Hall–Kier alpha value is -0.610. The van der Waals surface area contributed by atoms with Crippen LogP contribution in [0.3, 0.4) is 0 Å². The quantitative estimate of drug-likeness (QED) is 0.902. The Balaban J connectivity index is 1.94. The van der Waals surface area contributed by atoms with Gasteiger partial charge in [0, 0.05) is 17.7 Å². The molecule has 2 N–H and O–H groups in total. The predicted octanol–water partition coefficient (Wildman–Crippen LogP) is 3.31. The van der Waals surface area contributed by atoms with Crippen LogP contribution in [0.2, 0.25) is 5.02 Å². The van der Waals surface area contributed by atoms with Gasteiger partial charge < -0.3 is 15.2 Å². The highest BCUT2D eigenvalue weighted by atomic mass is 35.5. The van der Waals surface area contributed by atoms with Crippen LogP contribution in [0.5, 0.6) is 0 Å². The Morgan fingerprint density at radius 3 is 2.68 bits per heavy atom. The molecule has 1 saturated heterocycles. The second kappa shape index (κ2) is 7.25. The number of nitrogens with two attached hydrogens (primary N) is 1. The first-order chi connectivity index (χ1) is 9.16. The van der Waals surface area contributed by atoms with Gasteiger partial charge in [0.05, 0.1) is 18.8 Å². The lowest BCUT2D eigenvalue weighted by atomic mass is 10.0. The predicted molar refractivity (Wildman–Crippen MR) is 77.4 cm³/mol. The average Bonchev–Trinajstić information content (AvgIpc) is 2.42. The molecule has 106 valence electrons. The first kappa shape index (κ1) is 14.8. The molecule has 0 amide bonds. The van der Waals surface area contributed by atoms with Crippen LogP contribution in [0.25, 0.3) is 0 Å². The molecule has 3 nitrogen and oxygen atoms in total. The van der Waals surface area contributed by atoms with Crippen molar-refractivity contribution in [2.24, 2.45) is 5.73 Å². The molecule has 3 atom stereocenters. The zero-order valence-corrected chi connectivity index (χ0v) is 12.1. The zero-order chi connectivity index (χ0) is 13.7. The van der Waals surface area contributed by atoms with E-state index in [1.807, 2.05) is 31.2 Å². The normalized spacial score (nSPS) is 23.0. The van der Waals surface area contributed by atoms with Crippen molar-refractivity contribution in [2.75, 3.05) is 13.2 Å². The van der Waals surface area contributed by atoms with E-state index in [0.29, 0.717) is 6.61 Å². The van der Waals surface area contributed by atoms with E-state index in [1.165, 1.54) is 6.42 Å². The van der Waals surface area contributed by atoms with Crippen molar-refractivity contribution >= 4 is 11.6 Å². The van der Waals surface area contributed by atoms with Crippen LogP contribution in [0.4, 0.5) is 0 Å². The van der Waals surface area contributed by atoms with Crippen molar-refractivity contribution in [1.29, 1.82) is 0 Å². The van der Waals surface area contributed by atoms with E-state index < -0.39 is 0 Å². The molecule has 19 heavy (non-hydrogen) atoms. The fraction of sp³-hybridized carbons (Fsp3) is 0.600. The number of rotatable bonds is 5. The third kappa shape index (κ3) is 4.46.